The summed E-state index contributed by atoms with van der Waals surface area (Å²) in [4.78, 5) is 74.2. The van der Waals surface area contributed by atoms with Crippen molar-refractivity contribution in [1.82, 2.24) is 9.55 Å². The number of anilines is 2. The molecule has 0 saturated carbocycles. The van der Waals surface area contributed by atoms with Gasteiger partial charge >= 0.3 is 18.2 Å². The third-order valence-electron chi connectivity index (χ3n) is 7.61. The van der Waals surface area contributed by atoms with Crippen molar-refractivity contribution in [2.75, 3.05) is 9.80 Å². The number of ether oxygens (including phenoxy) is 2. The maximum absolute atomic E-state index is 14.4. The summed E-state index contributed by atoms with van der Waals surface area (Å²) in [7, 11) is 0. The van der Waals surface area contributed by atoms with Crippen molar-refractivity contribution in [3.63, 3.8) is 0 Å². The molecule has 2 heterocycles. The van der Waals surface area contributed by atoms with Gasteiger partial charge in [-0.3, -0.25) is 23.9 Å². The first kappa shape index (κ1) is 33.6. The molecule has 0 spiro atoms. The number of aliphatic carboxylic acids is 1. The van der Waals surface area contributed by atoms with Crippen LogP contribution in [0.2, 0.25) is 0 Å². The first-order valence-electron chi connectivity index (χ1n) is 15.4. The van der Waals surface area contributed by atoms with Crippen LogP contribution in [0.15, 0.2) is 102 Å². The minimum Gasteiger partial charge on any atom is -0.481 e. The topological polar surface area (TPSA) is 148 Å². The molecule has 0 unspecified atom stereocenters. The second-order valence-corrected chi connectivity index (χ2v) is 12.3. The molecule has 2 atom stereocenters. The first-order chi connectivity index (χ1) is 22.9. The summed E-state index contributed by atoms with van der Waals surface area (Å²) in [6.45, 7) is 4.85. The Morgan fingerprint density at radius 3 is 2.04 bits per heavy atom. The van der Waals surface area contributed by atoms with Crippen molar-refractivity contribution < 1.29 is 33.8 Å². The molecule has 0 radical (unpaired) electrons. The van der Waals surface area contributed by atoms with Gasteiger partial charge in [0.1, 0.15) is 29.8 Å². The molecule has 1 aliphatic heterocycles. The van der Waals surface area contributed by atoms with Crippen molar-refractivity contribution in [2.24, 2.45) is 0 Å². The molecule has 48 heavy (non-hydrogen) atoms. The van der Waals surface area contributed by atoms with E-state index in [4.69, 9.17) is 9.47 Å². The second-order valence-electron chi connectivity index (χ2n) is 12.3. The Morgan fingerprint density at radius 1 is 0.875 bits per heavy atom. The quantitative estimate of drug-likeness (QED) is 0.228. The van der Waals surface area contributed by atoms with Crippen LogP contribution in [-0.4, -0.2) is 44.3 Å². The summed E-state index contributed by atoms with van der Waals surface area (Å²) >= 11 is 0. The molecule has 1 aliphatic rings. The van der Waals surface area contributed by atoms with E-state index in [1.54, 1.807) is 87.5 Å². The van der Waals surface area contributed by atoms with E-state index in [9.17, 15) is 29.1 Å². The number of para-hydroxylation sites is 1. The van der Waals surface area contributed by atoms with Gasteiger partial charge < -0.3 is 14.6 Å². The highest BCUT2D eigenvalue weighted by atomic mass is 16.6. The lowest BCUT2D eigenvalue weighted by molar-refractivity contribution is -0.137. The van der Waals surface area contributed by atoms with Crippen LogP contribution in [0.4, 0.5) is 21.0 Å². The van der Waals surface area contributed by atoms with Crippen LogP contribution in [0.1, 0.15) is 62.5 Å². The number of carbonyl (C=O) groups excluding carboxylic acids is 3. The van der Waals surface area contributed by atoms with Crippen molar-refractivity contribution in [3.8, 4) is 0 Å². The van der Waals surface area contributed by atoms with E-state index in [1.807, 2.05) is 24.3 Å². The van der Waals surface area contributed by atoms with Crippen LogP contribution in [0.25, 0.3) is 0 Å². The van der Waals surface area contributed by atoms with E-state index < -0.39 is 53.6 Å². The van der Waals surface area contributed by atoms with E-state index in [2.05, 4.69) is 4.98 Å². The molecule has 1 N–H and O–H groups in total. The Labute approximate surface area is 277 Å². The van der Waals surface area contributed by atoms with Crippen LogP contribution in [0, 0.1) is 0 Å². The van der Waals surface area contributed by atoms with Crippen LogP contribution in [0.3, 0.4) is 0 Å². The van der Waals surface area contributed by atoms with E-state index in [0.717, 1.165) is 19.9 Å². The number of imide groups is 1. The lowest BCUT2D eigenvalue weighted by Gasteiger charge is -2.28. The van der Waals surface area contributed by atoms with Crippen LogP contribution < -0.4 is 15.4 Å². The number of aromatic nitrogens is 2. The molecular weight excluding hydrogens is 616 g/mol. The third kappa shape index (κ3) is 7.77. The standard InChI is InChI=1S/C36H36N4O8/c1-36(2,3)48-35(46)39(27-17-11-6-12-18-27)32(43)28-19-26(20-30(41)42)31-37-21-29(33(44)40(28)31)38(22-24-13-7-4-8-14-24)34(45)47-23-25-15-9-5-10-16-25/h4-18,21,26,28H,19-20,22-23H2,1-3H3,(H,41,42)/t26-,28+/m1/s1. The van der Waals surface area contributed by atoms with E-state index in [0.29, 0.717) is 5.56 Å². The minimum atomic E-state index is -1.34. The van der Waals surface area contributed by atoms with Crippen LogP contribution in [-0.2, 0) is 32.2 Å². The molecule has 3 aromatic carbocycles. The molecule has 4 aromatic rings. The number of hydrogen-bond acceptors (Lipinski definition) is 8. The number of fused-ring (bicyclic) bond motifs is 1. The van der Waals surface area contributed by atoms with Gasteiger partial charge in [0.05, 0.1) is 24.8 Å². The average Bonchev–Trinajstić information content (AvgIpc) is 3.42. The number of rotatable bonds is 9. The minimum absolute atomic E-state index is 0.0546. The first-order valence-corrected chi connectivity index (χ1v) is 15.4. The molecule has 5 rings (SSSR count). The Kier molecular flexibility index (Phi) is 10.0. The van der Waals surface area contributed by atoms with Crippen molar-refractivity contribution in [1.29, 1.82) is 0 Å². The van der Waals surface area contributed by atoms with Gasteiger partial charge in [0.2, 0.25) is 0 Å². The van der Waals surface area contributed by atoms with Gasteiger partial charge in [0, 0.05) is 5.92 Å². The zero-order chi connectivity index (χ0) is 34.4. The molecule has 1 aromatic heterocycles. The highest BCUT2D eigenvalue weighted by Gasteiger charge is 2.44. The van der Waals surface area contributed by atoms with Gasteiger partial charge in [-0.25, -0.2) is 19.5 Å². The van der Waals surface area contributed by atoms with Crippen LogP contribution in [0.5, 0.6) is 0 Å². The fourth-order valence-electron chi connectivity index (χ4n) is 5.51. The number of carbonyl (C=O) groups is 4. The SMILES string of the molecule is CC(C)(C)OC(=O)N(C(=O)[C@@H]1C[C@H](CC(=O)O)c2ncc(N(Cc3ccccc3)C(=O)OCc3ccccc3)c(=O)n21)c1ccccc1. The molecule has 12 nitrogen and oxygen atoms in total. The molecule has 12 heteroatoms. The number of carboxylic acid groups (broad SMARTS) is 1. The van der Waals surface area contributed by atoms with Crippen molar-refractivity contribution >= 4 is 35.4 Å². The van der Waals surface area contributed by atoms with Gasteiger partial charge in [0.25, 0.3) is 11.5 Å². The van der Waals surface area contributed by atoms with Crippen molar-refractivity contribution in [2.45, 2.75) is 64.3 Å². The van der Waals surface area contributed by atoms with Gasteiger partial charge in [-0.15, -0.1) is 0 Å². The molecule has 0 bridgehead atoms. The summed E-state index contributed by atoms with van der Waals surface area (Å²) in [5.74, 6) is -2.74. The lowest BCUT2D eigenvalue weighted by atomic mass is 9.99. The second kappa shape index (κ2) is 14.3. The molecule has 0 saturated heterocycles. The normalized spacial score (nSPS) is 15.2. The molecule has 0 fully saturated rings. The average molecular weight is 653 g/mol. The predicted molar refractivity (Wildman–Crippen MR) is 177 cm³/mol. The maximum atomic E-state index is 14.4. The summed E-state index contributed by atoms with van der Waals surface area (Å²) < 4.78 is 12.3. The number of benzene rings is 3. The monoisotopic (exact) mass is 652 g/mol. The Morgan fingerprint density at radius 2 is 1.46 bits per heavy atom. The lowest BCUT2D eigenvalue weighted by Crippen LogP contribution is -2.46. The van der Waals surface area contributed by atoms with Crippen molar-refractivity contribution in [3.05, 3.63) is 124 Å². The fraction of sp³-hybridized carbons (Fsp3) is 0.278. The van der Waals surface area contributed by atoms with Gasteiger partial charge in [-0.2, -0.15) is 0 Å². The Bertz CT molecular complexity index is 1840. The summed E-state index contributed by atoms with van der Waals surface area (Å²) in [5, 5.41) is 9.68. The van der Waals surface area contributed by atoms with Gasteiger partial charge in [0.15, 0.2) is 0 Å². The number of hydrogen-bond donors (Lipinski definition) is 1. The Hall–Kier alpha value is -5.78. The van der Waals surface area contributed by atoms with E-state index in [1.165, 1.54) is 6.20 Å². The zero-order valence-corrected chi connectivity index (χ0v) is 26.8. The zero-order valence-electron chi connectivity index (χ0n) is 26.8. The number of nitrogens with zero attached hydrogens (tertiary/aromatic N) is 4. The molecular formula is C36H36N4O8. The predicted octanol–water partition coefficient (Wildman–Crippen LogP) is 6.06. The smallest absolute Gasteiger partial charge is 0.421 e. The molecule has 0 aliphatic carbocycles. The van der Waals surface area contributed by atoms with E-state index in [-0.39, 0.29) is 36.8 Å². The summed E-state index contributed by atoms with van der Waals surface area (Å²) in [6.07, 6.45) is -1.13. The van der Waals surface area contributed by atoms with Gasteiger partial charge in [-0.1, -0.05) is 78.9 Å². The molecule has 248 valence electrons. The number of amides is 3. The van der Waals surface area contributed by atoms with Crippen LogP contribution >= 0.6 is 0 Å². The summed E-state index contributed by atoms with van der Waals surface area (Å²) in [6, 6.07) is 24.8. The fourth-order valence-corrected chi connectivity index (χ4v) is 5.51. The Balaban J connectivity index is 1.59. The van der Waals surface area contributed by atoms with E-state index >= 15 is 0 Å². The third-order valence-corrected chi connectivity index (χ3v) is 7.61. The highest BCUT2D eigenvalue weighted by molar-refractivity contribution is 6.14. The summed E-state index contributed by atoms with van der Waals surface area (Å²) in [5.41, 5.74) is -0.274. The van der Waals surface area contributed by atoms with Gasteiger partial charge in [-0.05, 0) is 50.5 Å². The largest absolute Gasteiger partial charge is 0.481 e. The highest BCUT2D eigenvalue weighted by Crippen LogP contribution is 2.38. The number of carboxylic acids is 1. The maximum Gasteiger partial charge on any atom is 0.421 e. The molecule has 3 amide bonds.